The molecule has 0 aromatic heterocycles. The van der Waals surface area contributed by atoms with Crippen molar-refractivity contribution in [1.82, 2.24) is 0 Å². The van der Waals surface area contributed by atoms with Crippen LogP contribution in [0, 0.1) is 0 Å². The Hall–Kier alpha value is 0.106. The Bertz CT molecular complexity index is 27.9. The van der Waals surface area contributed by atoms with Gasteiger partial charge in [-0.05, 0) is 0 Å². The van der Waals surface area contributed by atoms with Gasteiger partial charge in [-0.1, -0.05) is 0 Å². The zero-order valence-electron chi connectivity index (χ0n) is 1.82. The summed E-state index contributed by atoms with van der Waals surface area (Å²) in [5.41, 5.74) is 0. The van der Waals surface area contributed by atoms with E-state index in [4.69, 9.17) is 9.59 Å². The summed E-state index contributed by atoms with van der Waals surface area (Å²) in [6, 6.07) is 0. The molecule has 0 heterocycles. The van der Waals surface area contributed by atoms with Crippen molar-refractivity contribution in [2.24, 2.45) is 0 Å². The second-order valence-corrected chi connectivity index (χ2v) is 0.0833. The zero-order chi connectivity index (χ0) is 2.71. The highest BCUT2D eigenvalue weighted by molar-refractivity contribution is 5.75. The highest BCUT2D eigenvalue weighted by Gasteiger charge is 1.13. The van der Waals surface area contributed by atoms with E-state index < -0.39 is 0 Å². The third kappa shape index (κ3) is 1610. The molecule has 0 amide bonds. The first-order valence-corrected chi connectivity index (χ1v) is 0.408. The second kappa shape index (κ2) is 32.4. The Morgan fingerprint density at radius 1 is 1.20 bits per heavy atom. The van der Waals surface area contributed by atoms with Gasteiger partial charge < -0.3 is 5.48 Å². The second-order valence-electron chi connectivity index (χ2n) is 0.0833. The molecule has 0 aliphatic rings. The van der Waals surface area contributed by atoms with Gasteiger partial charge in [-0.15, -0.1) is 0 Å². The van der Waals surface area contributed by atoms with Gasteiger partial charge in [-0.3, -0.25) is 0 Å². The van der Waals surface area contributed by atoms with E-state index in [9.17, 15) is 0 Å². The molecule has 0 aromatic rings. The van der Waals surface area contributed by atoms with Crippen molar-refractivity contribution in [3.63, 3.8) is 0 Å². The van der Waals surface area contributed by atoms with Gasteiger partial charge in [0.1, 0.15) is 0 Å². The highest BCUT2D eigenvalue weighted by Crippen LogP contribution is 0.787. The smallest absolute Gasteiger partial charge is 0.373 e. The lowest BCUT2D eigenvalue weighted by atomic mass is 11.8. The summed E-state index contributed by atoms with van der Waals surface area (Å²) in [5.74, 6) is 0. The lowest BCUT2D eigenvalue weighted by molar-refractivity contribution is -0.191. The molecule has 28 valence electrons. The maximum Gasteiger partial charge on any atom is 0.373 e. The van der Waals surface area contributed by atoms with E-state index in [1.807, 2.05) is 0 Å². The van der Waals surface area contributed by atoms with Crippen LogP contribution < -0.4 is 0 Å². The van der Waals surface area contributed by atoms with Crippen molar-refractivity contribution in [2.45, 2.75) is 0 Å². The van der Waals surface area contributed by atoms with Crippen molar-refractivity contribution >= 4 is 29.2 Å². The topological polar surface area (TPSA) is 65.6 Å². The zero-order valence-corrected chi connectivity index (χ0v) is 1.82. The van der Waals surface area contributed by atoms with Crippen molar-refractivity contribution in [2.75, 3.05) is 0 Å². The molecule has 2 N–H and O–H groups in total. The van der Waals surface area contributed by atoms with Crippen LogP contribution in [0.15, 0.2) is 0 Å². The van der Waals surface area contributed by atoms with Gasteiger partial charge in [0.25, 0.3) is 0 Å². The summed E-state index contributed by atoms with van der Waals surface area (Å²) in [6.45, 7) is 0. The first kappa shape index (κ1) is 19.4. The Balaban J connectivity index is -0.0000000200. The van der Waals surface area contributed by atoms with Crippen molar-refractivity contribution in [1.29, 1.82) is 0 Å². The van der Waals surface area contributed by atoms with Crippen LogP contribution in [-0.2, 0) is 9.59 Å². The summed E-state index contributed by atoms with van der Waals surface area (Å²) in [4.78, 5) is 16.2. The van der Waals surface area contributed by atoms with Crippen LogP contribution in [-0.4, -0.2) is 34.7 Å². The van der Waals surface area contributed by atoms with Gasteiger partial charge in [-0.2, -0.15) is 9.59 Å². The molecule has 0 aromatic carbocycles. The van der Waals surface area contributed by atoms with Gasteiger partial charge in [0.15, 0.2) is 0 Å². The standard InChI is InChI=1S/CO2.Mg.H2O.2H/c2-1-3;;;;/h;;1H2;;. The van der Waals surface area contributed by atoms with Gasteiger partial charge in [0.2, 0.25) is 0 Å². The maximum atomic E-state index is 8.12. The van der Waals surface area contributed by atoms with Gasteiger partial charge in [-0.25, -0.2) is 0 Å². The minimum absolute atomic E-state index is 0. The summed E-state index contributed by atoms with van der Waals surface area (Å²) >= 11 is 0. The van der Waals surface area contributed by atoms with E-state index in [1.54, 1.807) is 0 Å². The molecule has 0 bridgehead atoms. The fraction of sp³-hybridized carbons (Fsp3) is 0. The third-order valence-electron chi connectivity index (χ3n) is 0. The van der Waals surface area contributed by atoms with E-state index in [-0.39, 0.29) is 34.7 Å². The summed E-state index contributed by atoms with van der Waals surface area (Å²) in [7, 11) is 0. The van der Waals surface area contributed by atoms with Gasteiger partial charge >= 0.3 is 29.2 Å². The third-order valence-corrected chi connectivity index (χ3v) is 0. The number of carbonyl (C=O) groups excluding carboxylic acids is 2. The molecule has 0 fully saturated rings. The minimum Gasteiger partial charge on any atom is -0.412 e. The average Bonchev–Trinajstić information content (AvgIpc) is 0.918. The van der Waals surface area contributed by atoms with E-state index in [0.29, 0.717) is 0 Å². The van der Waals surface area contributed by atoms with Crippen molar-refractivity contribution in [3.8, 4) is 0 Å². The maximum absolute atomic E-state index is 8.12. The Labute approximate surface area is 44.8 Å². The quantitative estimate of drug-likeness (QED) is 0.312. The molecule has 0 unspecified atom stereocenters. The van der Waals surface area contributed by atoms with E-state index >= 15 is 0 Å². The lowest BCUT2D eigenvalue weighted by Crippen LogP contribution is -1.22. The van der Waals surface area contributed by atoms with Crippen molar-refractivity contribution in [3.05, 3.63) is 0 Å². The molecule has 0 saturated carbocycles. The van der Waals surface area contributed by atoms with Crippen molar-refractivity contribution < 1.29 is 15.1 Å². The normalized spacial score (nSPS) is 1.60. The summed E-state index contributed by atoms with van der Waals surface area (Å²) < 4.78 is 0. The van der Waals surface area contributed by atoms with Crippen LogP contribution in [0.5, 0.6) is 0 Å². The summed E-state index contributed by atoms with van der Waals surface area (Å²) in [6.07, 6.45) is 0.250. The van der Waals surface area contributed by atoms with Crippen LogP contribution in [0.1, 0.15) is 0 Å². The van der Waals surface area contributed by atoms with E-state index in [1.165, 1.54) is 0 Å². The molecule has 4 heteroatoms. The Kier molecular flexibility index (Phi) is 126. The van der Waals surface area contributed by atoms with Crippen LogP contribution in [0.3, 0.4) is 0 Å². The molecular formula is CH4MgO3. The number of hydrogen-bond donors (Lipinski definition) is 0. The lowest BCUT2D eigenvalue weighted by Gasteiger charge is -0.945. The SMILES string of the molecule is O.O=C=O.[MgH2]. The molecule has 0 saturated heterocycles. The molecule has 0 aliphatic carbocycles. The monoisotopic (exact) mass is 88.0 g/mol. The highest BCUT2D eigenvalue weighted by atomic mass is 24.3. The first-order valence-electron chi connectivity index (χ1n) is 0.408. The predicted octanol–water partition coefficient (Wildman–Crippen LogP) is -2.32. The fourth-order valence-corrected chi connectivity index (χ4v) is 0. The van der Waals surface area contributed by atoms with Crippen LogP contribution >= 0.6 is 0 Å². The Morgan fingerprint density at radius 2 is 1.20 bits per heavy atom. The first-order chi connectivity index (χ1) is 1.41. The van der Waals surface area contributed by atoms with Gasteiger partial charge in [0, 0.05) is 0 Å². The molecule has 0 atom stereocenters. The molecule has 5 heavy (non-hydrogen) atoms. The largest absolute Gasteiger partial charge is 0.412 e. The van der Waals surface area contributed by atoms with E-state index in [2.05, 4.69) is 0 Å². The predicted molar refractivity (Wildman–Crippen MR) is 17.2 cm³/mol. The molecule has 0 aliphatic heterocycles. The van der Waals surface area contributed by atoms with E-state index in [0.717, 1.165) is 0 Å². The number of rotatable bonds is 0. The fourth-order valence-electron chi connectivity index (χ4n) is 0. The summed E-state index contributed by atoms with van der Waals surface area (Å²) in [5, 5.41) is 0. The van der Waals surface area contributed by atoms with Crippen LogP contribution in [0.25, 0.3) is 0 Å². The van der Waals surface area contributed by atoms with Crippen LogP contribution in [0.4, 0.5) is 0 Å². The Morgan fingerprint density at radius 3 is 1.20 bits per heavy atom. The van der Waals surface area contributed by atoms with Crippen LogP contribution in [0.2, 0.25) is 0 Å². The molecule has 3 nitrogen and oxygen atoms in total. The molecular weight excluding hydrogens is 84.3 g/mol. The average molecular weight is 88.3 g/mol. The minimum atomic E-state index is 0. The molecule has 0 spiro atoms. The number of hydrogen-bond acceptors (Lipinski definition) is 2. The molecule has 0 rings (SSSR count). The van der Waals surface area contributed by atoms with Gasteiger partial charge in [0.05, 0.1) is 0 Å². The molecule has 0 radical (unpaired) electrons.